The highest BCUT2D eigenvalue weighted by molar-refractivity contribution is 5.90. The van der Waals surface area contributed by atoms with Gasteiger partial charge in [-0.2, -0.15) is 0 Å². The topological polar surface area (TPSA) is 72.2 Å². The van der Waals surface area contributed by atoms with Crippen molar-refractivity contribution < 1.29 is 5.11 Å². The van der Waals surface area contributed by atoms with Gasteiger partial charge in [0.15, 0.2) is 0 Å². The largest absolute Gasteiger partial charge is 0.508 e. The van der Waals surface area contributed by atoms with Crippen LogP contribution in [0, 0.1) is 6.92 Å². The van der Waals surface area contributed by atoms with E-state index in [4.69, 9.17) is 0 Å². The number of aromatic hydroxyl groups is 1. The van der Waals surface area contributed by atoms with Gasteiger partial charge in [0.2, 0.25) is 0 Å². The molecule has 0 spiro atoms. The molecule has 2 aliphatic rings. The molecular weight excluding hydrogens is 326 g/mol. The summed E-state index contributed by atoms with van der Waals surface area (Å²) in [6.07, 6.45) is 1.74. The second-order valence-electron chi connectivity index (χ2n) is 6.19. The van der Waals surface area contributed by atoms with Crippen molar-refractivity contribution in [1.82, 2.24) is 10.6 Å². The average Bonchev–Trinajstić information content (AvgIpc) is 3.37. The lowest BCUT2D eigenvalue weighted by Gasteiger charge is -2.25. The Morgan fingerprint density at radius 2 is 1.88 bits per heavy atom. The minimum absolute atomic E-state index is 0.269. The van der Waals surface area contributed by atoms with Crippen molar-refractivity contribution in [2.24, 2.45) is 9.98 Å². The zero-order chi connectivity index (χ0) is 18.2. The molecule has 6 nitrogen and oxygen atoms in total. The number of hydrogen-bond donors (Lipinski definition) is 3. The van der Waals surface area contributed by atoms with Crippen LogP contribution >= 0.6 is 0 Å². The Hall–Kier alpha value is -3.02. The summed E-state index contributed by atoms with van der Waals surface area (Å²) >= 11 is 0. The standard InChI is InChI=1S/C17H19N3O.C3H6N2/c1-13-5-7-14(8-6-13)20(12-17-18-9-10-19-17)15-3-2-4-16(21)11-15;1-2-5-3-4-1/h2-8,11,21H,9-10,12H2,1H3,(H,18,19);3H,1-2H2,(H,4,5). The third-order valence-electron chi connectivity index (χ3n) is 4.11. The highest BCUT2D eigenvalue weighted by Gasteiger charge is 2.15. The zero-order valence-electron chi connectivity index (χ0n) is 15.0. The quantitative estimate of drug-likeness (QED) is 0.791. The summed E-state index contributed by atoms with van der Waals surface area (Å²) < 4.78 is 0. The molecule has 2 aromatic rings. The first-order valence-electron chi connectivity index (χ1n) is 8.84. The molecule has 136 valence electrons. The van der Waals surface area contributed by atoms with Gasteiger partial charge < -0.3 is 20.6 Å². The molecule has 0 aromatic heterocycles. The summed E-state index contributed by atoms with van der Waals surface area (Å²) in [5.41, 5.74) is 3.27. The number of aryl methyl sites for hydroxylation is 1. The summed E-state index contributed by atoms with van der Waals surface area (Å²) in [7, 11) is 0. The van der Waals surface area contributed by atoms with Crippen LogP contribution in [0.5, 0.6) is 5.75 Å². The van der Waals surface area contributed by atoms with E-state index in [1.807, 2.05) is 12.1 Å². The molecule has 0 fully saturated rings. The molecule has 0 atom stereocenters. The van der Waals surface area contributed by atoms with E-state index in [2.05, 4.69) is 56.7 Å². The second kappa shape index (κ2) is 8.89. The van der Waals surface area contributed by atoms with E-state index in [1.165, 1.54) is 5.56 Å². The smallest absolute Gasteiger partial charge is 0.117 e. The van der Waals surface area contributed by atoms with E-state index in [-0.39, 0.29) is 5.75 Å². The van der Waals surface area contributed by atoms with Crippen LogP contribution in [0.1, 0.15) is 5.56 Å². The normalized spacial score (nSPS) is 14.7. The number of nitrogens with one attached hydrogen (secondary N) is 2. The predicted molar refractivity (Wildman–Crippen MR) is 108 cm³/mol. The molecule has 26 heavy (non-hydrogen) atoms. The number of anilines is 2. The van der Waals surface area contributed by atoms with Gasteiger partial charge in [0, 0.05) is 30.5 Å². The molecule has 4 rings (SSSR count). The highest BCUT2D eigenvalue weighted by atomic mass is 16.3. The van der Waals surface area contributed by atoms with Crippen LogP contribution in [0.3, 0.4) is 0 Å². The Balaban J connectivity index is 0.000000339. The minimum atomic E-state index is 0.269. The fraction of sp³-hybridized carbons (Fsp3) is 0.300. The minimum Gasteiger partial charge on any atom is -0.508 e. The van der Waals surface area contributed by atoms with Crippen LogP contribution in [0.25, 0.3) is 0 Å². The summed E-state index contributed by atoms with van der Waals surface area (Å²) in [6.45, 7) is 6.46. The monoisotopic (exact) mass is 351 g/mol. The first-order chi connectivity index (χ1) is 12.7. The van der Waals surface area contributed by atoms with Crippen LogP contribution in [-0.2, 0) is 0 Å². The zero-order valence-corrected chi connectivity index (χ0v) is 15.0. The van der Waals surface area contributed by atoms with Gasteiger partial charge in [-0.15, -0.1) is 0 Å². The van der Waals surface area contributed by atoms with Crippen LogP contribution in [0.15, 0.2) is 58.5 Å². The molecule has 0 radical (unpaired) electrons. The predicted octanol–water partition coefficient (Wildman–Crippen LogP) is 2.46. The Morgan fingerprint density at radius 1 is 1.04 bits per heavy atom. The van der Waals surface area contributed by atoms with E-state index in [1.54, 1.807) is 18.5 Å². The summed E-state index contributed by atoms with van der Waals surface area (Å²) in [6, 6.07) is 15.7. The number of aliphatic imine (C=N–C) groups is 2. The summed E-state index contributed by atoms with van der Waals surface area (Å²) in [4.78, 5) is 10.5. The SMILES string of the molecule is C1=NCCN1.Cc1ccc(N(CC2=NCCN2)c2cccc(O)c2)cc1. The van der Waals surface area contributed by atoms with E-state index in [0.717, 1.165) is 43.4 Å². The van der Waals surface area contributed by atoms with Gasteiger partial charge in [-0.3, -0.25) is 9.98 Å². The van der Waals surface area contributed by atoms with E-state index < -0.39 is 0 Å². The van der Waals surface area contributed by atoms with Gasteiger partial charge in [0.25, 0.3) is 0 Å². The molecular formula is C20H25N5O. The maximum atomic E-state index is 9.74. The van der Waals surface area contributed by atoms with Crippen molar-refractivity contribution in [3.63, 3.8) is 0 Å². The van der Waals surface area contributed by atoms with Crippen molar-refractivity contribution in [1.29, 1.82) is 0 Å². The van der Waals surface area contributed by atoms with Gasteiger partial charge in [-0.05, 0) is 31.2 Å². The first-order valence-corrected chi connectivity index (χ1v) is 8.84. The maximum absolute atomic E-state index is 9.74. The first kappa shape index (κ1) is 17.8. The highest BCUT2D eigenvalue weighted by Crippen LogP contribution is 2.28. The van der Waals surface area contributed by atoms with E-state index >= 15 is 0 Å². The van der Waals surface area contributed by atoms with Gasteiger partial charge >= 0.3 is 0 Å². The molecule has 2 aromatic carbocycles. The number of phenolic OH excluding ortho intramolecular Hbond substituents is 1. The lowest BCUT2D eigenvalue weighted by atomic mass is 10.2. The van der Waals surface area contributed by atoms with Crippen LogP contribution in [0.4, 0.5) is 11.4 Å². The Morgan fingerprint density at radius 3 is 2.46 bits per heavy atom. The van der Waals surface area contributed by atoms with Crippen LogP contribution in [0.2, 0.25) is 0 Å². The molecule has 6 heteroatoms. The third kappa shape index (κ3) is 4.99. The van der Waals surface area contributed by atoms with Crippen molar-refractivity contribution in [2.45, 2.75) is 6.92 Å². The fourth-order valence-electron chi connectivity index (χ4n) is 2.74. The van der Waals surface area contributed by atoms with Gasteiger partial charge in [-0.1, -0.05) is 23.8 Å². The van der Waals surface area contributed by atoms with Gasteiger partial charge in [0.1, 0.15) is 11.6 Å². The molecule has 2 heterocycles. The number of rotatable bonds is 4. The summed E-state index contributed by atoms with van der Waals surface area (Å²) in [5.74, 6) is 1.25. The Kier molecular flexibility index (Phi) is 6.09. The maximum Gasteiger partial charge on any atom is 0.117 e. The molecule has 0 unspecified atom stereocenters. The molecule has 3 N–H and O–H groups in total. The van der Waals surface area contributed by atoms with E-state index in [9.17, 15) is 5.11 Å². The second-order valence-corrected chi connectivity index (χ2v) is 6.19. The van der Waals surface area contributed by atoms with E-state index in [0.29, 0.717) is 6.54 Å². The van der Waals surface area contributed by atoms with Crippen LogP contribution < -0.4 is 15.5 Å². The van der Waals surface area contributed by atoms with Crippen molar-refractivity contribution in [2.75, 3.05) is 37.6 Å². The van der Waals surface area contributed by atoms with Crippen molar-refractivity contribution in [3.8, 4) is 5.75 Å². The number of hydrogen-bond acceptors (Lipinski definition) is 6. The summed E-state index contributed by atoms with van der Waals surface area (Å²) in [5, 5.41) is 16.0. The molecule has 0 aliphatic carbocycles. The average molecular weight is 351 g/mol. The molecule has 0 bridgehead atoms. The molecule has 0 saturated carbocycles. The number of nitrogens with zero attached hydrogens (tertiary/aromatic N) is 3. The lowest BCUT2D eigenvalue weighted by molar-refractivity contribution is 0.475. The number of benzene rings is 2. The Labute approximate surface area is 154 Å². The lowest BCUT2D eigenvalue weighted by Crippen LogP contribution is -2.32. The van der Waals surface area contributed by atoms with Crippen molar-refractivity contribution >= 4 is 23.5 Å². The molecule has 0 amide bonds. The molecule has 0 saturated heterocycles. The van der Waals surface area contributed by atoms with Gasteiger partial charge in [-0.25, -0.2) is 0 Å². The number of amidine groups is 1. The van der Waals surface area contributed by atoms with Gasteiger partial charge in [0.05, 0.1) is 26.0 Å². The molecule has 2 aliphatic heterocycles. The third-order valence-corrected chi connectivity index (χ3v) is 4.11. The Bertz CT molecular complexity index is 764. The fourth-order valence-corrected chi connectivity index (χ4v) is 2.74. The number of phenols is 1. The van der Waals surface area contributed by atoms with Crippen LogP contribution in [-0.4, -0.2) is 50.0 Å². The van der Waals surface area contributed by atoms with Crippen molar-refractivity contribution in [3.05, 3.63) is 54.1 Å².